The monoisotopic (exact) mass is 565 g/mol. The number of carbonyl (C=O) groups excluding carboxylic acids is 2. The van der Waals surface area contributed by atoms with Crippen LogP contribution >= 0.6 is 0 Å². The number of carbonyl (C=O) groups is 2. The van der Waals surface area contributed by atoms with Crippen molar-refractivity contribution in [3.8, 4) is 0 Å². The Morgan fingerprint density at radius 2 is 1.36 bits per heavy atom. The summed E-state index contributed by atoms with van der Waals surface area (Å²) in [5.74, 6) is 1.26. The van der Waals surface area contributed by atoms with Gasteiger partial charge in [-0.2, -0.15) is 0 Å². The Balaban J connectivity index is 1.41. The summed E-state index contributed by atoms with van der Waals surface area (Å²) >= 11 is 0. The Kier molecular flexibility index (Phi) is 11.0. The van der Waals surface area contributed by atoms with Crippen LogP contribution in [0.2, 0.25) is 0 Å². The highest BCUT2D eigenvalue weighted by atomic mass is 16.3. The van der Waals surface area contributed by atoms with E-state index in [-0.39, 0.29) is 49.2 Å². The van der Waals surface area contributed by atoms with Crippen molar-refractivity contribution in [3.63, 3.8) is 0 Å². The van der Waals surface area contributed by atoms with Crippen molar-refractivity contribution in [1.29, 1.82) is 0 Å². The minimum absolute atomic E-state index is 0.0856. The molecule has 0 saturated heterocycles. The number of hydrogen-bond acceptors (Lipinski definition) is 3. The summed E-state index contributed by atoms with van der Waals surface area (Å²) in [6.45, 7) is 9.58. The first kappa shape index (κ1) is 30.6. The van der Waals surface area contributed by atoms with Gasteiger partial charge in [0.25, 0.3) is 0 Å². The van der Waals surface area contributed by atoms with Crippen molar-refractivity contribution < 1.29 is 14.0 Å². The van der Waals surface area contributed by atoms with Gasteiger partial charge in [-0.1, -0.05) is 107 Å². The molecule has 0 aliphatic carbocycles. The zero-order valence-corrected chi connectivity index (χ0v) is 25.2. The van der Waals surface area contributed by atoms with Gasteiger partial charge in [0.05, 0.1) is 12.8 Å². The summed E-state index contributed by atoms with van der Waals surface area (Å²) in [5.41, 5.74) is 5.49. The van der Waals surface area contributed by atoms with Gasteiger partial charge in [0.1, 0.15) is 5.76 Å². The molecule has 0 fully saturated rings. The topological polar surface area (TPSA) is 74.6 Å². The number of nitrogens with zero attached hydrogens (tertiary/aromatic N) is 1. The Hall–Kier alpha value is -4.32. The van der Waals surface area contributed by atoms with Crippen LogP contribution in [0, 0.1) is 0 Å². The highest BCUT2D eigenvalue weighted by Gasteiger charge is 2.22. The zero-order valence-electron chi connectivity index (χ0n) is 25.2. The average Bonchev–Trinajstić information content (AvgIpc) is 3.51. The van der Waals surface area contributed by atoms with Gasteiger partial charge in [-0.05, 0) is 52.6 Å². The molecule has 0 unspecified atom stereocenters. The van der Waals surface area contributed by atoms with Crippen LogP contribution in [0.3, 0.4) is 0 Å². The lowest BCUT2D eigenvalue weighted by Crippen LogP contribution is -2.38. The molecule has 42 heavy (non-hydrogen) atoms. The van der Waals surface area contributed by atoms with E-state index in [1.807, 2.05) is 48.5 Å². The molecule has 3 aromatic carbocycles. The van der Waals surface area contributed by atoms with Crippen LogP contribution in [0.25, 0.3) is 0 Å². The Morgan fingerprint density at radius 1 is 0.762 bits per heavy atom. The second-order valence-corrected chi connectivity index (χ2v) is 11.3. The van der Waals surface area contributed by atoms with E-state index >= 15 is 0 Å². The third kappa shape index (κ3) is 8.35. The molecule has 4 aromatic rings. The highest BCUT2D eigenvalue weighted by Crippen LogP contribution is 2.33. The van der Waals surface area contributed by atoms with E-state index in [0.29, 0.717) is 12.3 Å². The summed E-state index contributed by atoms with van der Waals surface area (Å²) in [4.78, 5) is 28.3. The number of para-hydroxylation sites is 1. The van der Waals surface area contributed by atoms with Gasteiger partial charge in [-0.15, -0.1) is 0 Å². The molecule has 1 aromatic heterocycles. The third-order valence-corrected chi connectivity index (χ3v) is 7.59. The largest absolute Gasteiger partial charge is 0.467 e. The minimum Gasteiger partial charge on any atom is -0.467 e. The van der Waals surface area contributed by atoms with E-state index in [1.165, 1.54) is 11.1 Å². The molecule has 0 radical (unpaired) electrons. The lowest BCUT2D eigenvalue weighted by atomic mass is 9.88. The molecule has 0 saturated carbocycles. The van der Waals surface area contributed by atoms with E-state index in [4.69, 9.17) is 4.42 Å². The fourth-order valence-corrected chi connectivity index (χ4v) is 5.30. The van der Waals surface area contributed by atoms with E-state index in [9.17, 15) is 9.59 Å². The summed E-state index contributed by atoms with van der Waals surface area (Å²) in [6, 6.07) is 30.3. The SMILES string of the molecule is CC(C)c1cccc(C(C)C)c1NC(=O)N(CCC(=O)NCCC(c1ccccc1)c1ccccc1)Cc1ccco1. The predicted octanol–water partition coefficient (Wildman–Crippen LogP) is 8.29. The molecule has 2 N–H and O–H groups in total. The molecular weight excluding hydrogens is 522 g/mol. The van der Waals surface area contributed by atoms with Gasteiger partial charge in [-0.25, -0.2) is 4.79 Å². The standard InChI is InChI=1S/C36H43N3O3/c1-26(2)31-18-11-19-32(27(3)4)35(31)38-36(41)39(25-30-17-12-24-42-30)23-21-34(40)37-22-20-33(28-13-7-5-8-14-28)29-15-9-6-10-16-29/h5-19,24,26-27,33H,20-23,25H2,1-4H3,(H,37,40)(H,38,41). The maximum absolute atomic E-state index is 13.7. The van der Waals surface area contributed by atoms with Gasteiger partial charge < -0.3 is 20.0 Å². The van der Waals surface area contributed by atoms with Crippen LogP contribution in [0.5, 0.6) is 0 Å². The molecule has 1 heterocycles. The lowest BCUT2D eigenvalue weighted by molar-refractivity contribution is -0.121. The molecule has 6 heteroatoms. The number of anilines is 1. The van der Waals surface area contributed by atoms with Crippen molar-refractivity contribution in [3.05, 3.63) is 125 Å². The van der Waals surface area contributed by atoms with Crippen LogP contribution in [-0.2, 0) is 11.3 Å². The van der Waals surface area contributed by atoms with Crippen molar-refractivity contribution in [2.75, 3.05) is 18.4 Å². The third-order valence-electron chi connectivity index (χ3n) is 7.59. The molecule has 0 bridgehead atoms. The molecular formula is C36H43N3O3. The molecule has 0 aliphatic rings. The first-order valence-electron chi connectivity index (χ1n) is 14.9. The quantitative estimate of drug-likeness (QED) is 0.171. The average molecular weight is 566 g/mol. The number of hydrogen-bond donors (Lipinski definition) is 2. The summed E-state index contributed by atoms with van der Waals surface area (Å²) < 4.78 is 5.55. The Bertz CT molecular complexity index is 1330. The fourth-order valence-electron chi connectivity index (χ4n) is 5.30. The van der Waals surface area contributed by atoms with Gasteiger partial charge in [-0.3, -0.25) is 4.79 Å². The number of urea groups is 1. The van der Waals surface area contributed by atoms with E-state index in [0.717, 1.165) is 23.2 Å². The number of furan rings is 1. The lowest BCUT2D eigenvalue weighted by Gasteiger charge is -2.26. The Labute approximate surface area is 250 Å². The fraction of sp³-hybridized carbons (Fsp3) is 0.333. The maximum Gasteiger partial charge on any atom is 0.322 e. The smallest absolute Gasteiger partial charge is 0.322 e. The highest BCUT2D eigenvalue weighted by molar-refractivity contribution is 5.91. The molecule has 4 rings (SSSR count). The van der Waals surface area contributed by atoms with Gasteiger partial charge in [0.15, 0.2) is 0 Å². The van der Waals surface area contributed by atoms with Crippen LogP contribution in [0.15, 0.2) is 102 Å². The van der Waals surface area contributed by atoms with E-state index in [2.05, 4.69) is 74.7 Å². The summed E-state index contributed by atoms with van der Waals surface area (Å²) in [6.07, 6.45) is 2.57. The summed E-state index contributed by atoms with van der Waals surface area (Å²) in [7, 11) is 0. The first-order chi connectivity index (χ1) is 20.3. The summed E-state index contributed by atoms with van der Waals surface area (Å²) in [5, 5.41) is 6.27. The van der Waals surface area contributed by atoms with E-state index in [1.54, 1.807) is 17.2 Å². The number of amides is 3. The Morgan fingerprint density at radius 3 is 1.88 bits per heavy atom. The molecule has 6 nitrogen and oxygen atoms in total. The van der Waals surface area contributed by atoms with Gasteiger partial charge in [0.2, 0.25) is 5.91 Å². The minimum atomic E-state index is -0.248. The molecule has 3 amide bonds. The van der Waals surface area contributed by atoms with Crippen LogP contribution in [-0.4, -0.2) is 29.9 Å². The normalized spacial score (nSPS) is 11.2. The van der Waals surface area contributed by atoms with Crippen LogP contribution in [0.4, 0.5) is 10.5 Å². The van der Waals surface area contributed by atoms with Gasteiger partial charge >= 0.3 is 6.03 Å². The zero-order chi connectivity index (χ0) is 29.9. The maximum atomic E-state index is 13.7. The van der Waals surface area contributed by atoms with Crippen molar-refractivity contribution in [2.24, 2.45) is 0 Å². The first-order valence-corrected chi connectivity index (χ1v) is 14.9. The number of nitrogens with one attached hydrogen (secondary N) is 2. The van der Waals surface area contributed by atoms with Crippen molar-refractivity contribution in [1.82, 2.24) is 10.2 Å². The predicted molar refractivity (Wildman–Crippen MR) is 170 cm³/mol. The van der Waals surface area contributed by atoms with Crippen LogP contribution in [0.1, 0.15) is 86.3 Å². The van der Waals surface area contributed by atoms with Crippen molar-refractivity contribution in [2.45, 2.75) is 64.8 Å². The molecule has 0 aliphatic heterocycles. The molecule has 220 valence electrons. The number of rotatable bonds is 13. The molecule has 0 spiro atoms. The van der Waals surface area contributed by atoms with Crippen LogP contribution < -0.4 is 10.6 Å². The van der Waals surface area contributed by atoms with Crippen molar-refractivity contribution >= 4 is 17.6 Å². The van der Waals surface area contributed by atoms with E-state index < -0.39 is 0 Å². The number of benzene rings is 3. The second-order valence-electron chi connectivity index (χ2n) is 11.3. The van der Waals surface area contributed by atoms with Gasteiger partial charge in [0, 0.05) is 31.1 Å². The second kappa shape index (κ2) is 15.1. The molecule has 0 atom stereocenters.